The van der Waals surface area contributed by atoms with Crippen molar-refractivity contribution in [3.8, 4) is 6.07 Å². The molecule has 1 atom stereocenters. The number of amides is 1. The molecule has 0 aliphatic carbocycles. The average Bonchev–Trinajstić information content (AvgIpc) is 2.40. The monoisotopic (exact) mass is 278 g/mol. The highest BCUT2D eigenvalue weighted by Crippen LogP contribution is 2.21. The summed E-state index contributed by atoms with van der Waals surface area (Å²) in [5.74, 6) is -0.105. The fourth-order valence-electron chi connectivity index (χ4n) is 1.65. The van der Waals surface area contributed by atoms with Crippen LogP contribution in [0.4, 0.5) is 0 Å². The molecule has 19 heavy (non-hydrogen) atoms. The van der Waals surface area contributed by atoms with Crippen LogP contribution in [0.3, 0.4) is 0 Å². The van der Waals surface area contributed by atoms with Gasteiger partial charge in [-0.25, -0.2) is 0 Å². The molecule has 0 spiro atoms. The van der Waals surface area contributed by atoms with Crippen molar-refractivity contribution in [3.63, 3.8) is 0 Å². The zero-order valence-electron chi connectivity index (χ0n) is 11.6. The number of aryl methyl sites for hydroxylation is 1. The third-order valence-corrected chi connectivity index (χ3v) is 3.77. The first-order valence-corrected chi connectivity index (χ1v) is 6.71. The number of carbonyl (C=O) groups is 1. The van der Waals surface area contributed by atoms with Gasteiger partial charge in [-0.05, 0) is 37.5 Å². The van der Waals surface area contributed by atoms with Crippen LogP contribution in [0.2, 0.25) is 5.02 Å². The van der Waals surface area contributed by atoms with E-state index >= 15 is 0 Å². The van der Waals surface area contributed by atoms with Crippen LogP contribution in [0.5, 0.6) is 0 Å². The van der Waals surface area contributed by atoms with E-state index in [1.54, 1.807) is 6.07 Å². The number of rotatable bonds is 5. The van der Waals surface area contributed by atoms with Gasteiger partial charge in [-0.3, -0.25) is 4.79 Å². The molecule has 1 unspecified atom stereocenters. The van der Waals surface area contributed by atoms with Crippen LogP contribution in [-0.4, -0.2) is 12.5 Å². The summed E-state index contributed by atoms with van der Waals surface area (Å²) >= 11 is 6.09. The molecule has 102 valence electrons. The van der Waals surface area contributed by atoms with E-state index in [-0.39, 0.29) is 12.3 Å². The highest BCUT2D eigenvalue weighted by atomic mass is 35.5. The number of nitrogens with zero attached hydrogens (tertiary/aromatic N) is 1. The van der Waals surface area contributed by atoms with Gasteiger partial charge in [0, 0.05) is 11.6 Å². The van der Waals surface area contributed by atoms with E-state index in [9.17, 15) is 4.79 Å². The number of benzene rings is 1. The minimum atomic E-state index is -0.509. The Morgan fingerprint density at radius 1 is 1.53 bits per heavy atom. The first-order valence-electron chi connectivity index (χ1n) is 6.34. The van der Waals surface area contributed by atoms with Gasteiger partial charge in [0.25, 0.3) is 0 Å². The maximum absolute atomic E-state index is 11.9. The lowest BCUT2D eigenvalue weighted by molar-refractivity contribution is -0.120. The minimum absolute atomic E-state index is 0.105. The molecule has 0 radical (unpaired) electrons. The van der Waals surface area contributed by atoms with E-state index in [0.717, 1.165) is 11.1 Å². The molecule has 0 aromatic heterocycles. The van der Waals surface area contributed by atoms with E-state index < -0.39 is 5.41 Å². The van der Waals surface area contributed by atoms with Crippen molar-refractivity contribution in [1.29, 1.82) is 5.26 Å². The summed E-state index contributed by atoms with van der Waals surface area (Å²) in [6.07, 6.45) is 0.950. The first-order chi connectivity index (χ1) is 8.91. The summed E-state index contributed by atoms with van der Waals surface area (Å²) in [7, 11) is 0. The molecule has 0 saturated carbocycles. The van der Waals surface area contributed by atoms with Crippen LogP contribution in [0, 0.1) is 23.7 Å². The first kappa shape index (κ1) is 15.5. The zero-order chi connectivity index (χ0) is 14.5. The van der Waals surface area contributed by atoms with Crippen LogP contribution in [0.25, 0.3) is 0 Å². The molecule has 1 N–H and O–H groups in total. The summed E-state index contributed by atoms with van der Waals surface area (Å²) in [6, 6.07) is 7.80. The molecule has 0 fully saturated rings. The Morgan fingerprint density at radius 3 is 2.74 bits per heavy atom. The van der Waals surface area contributed by atoms with E-state index in [1.165, 1.54) is 0 Å². The molecule has 4 heteroatoms. The molecule has 1 amide bonds. The fraction of sp³-hybridized carbons (Fsp3) is 0.467. The van der Waals surface area contributed by atoms with Crippen LogP contribution in [0.1, 0.15) is 31.4 Å². The van der Waals surface area contributed by atoms with Gasteiger partial charge < -0.3 is 5.32 Å². The number of halogens is 1. The number of nitriles is 1. The van der Waals surface area contributed by atoms with Crippen molar-refractivity contribution in [2.45, 2.75) is 33.6 Å². The number of hydrogen-bond donors (Lipinski definition) is 1. The summed E-state index contributed by atoms with van der Waals surface area (Å²) in [6.45, 7) is 6.07. The van der Waals surface area contributed by atoms with E-state index in [0.29, 0.717) is 18.0 Å². The number of carbonyl (C=O) groups excluding carboxylic acids is 1. The van der Waals surface area contributed by atoms with E-state index in [1.807, 2.05) is 32.9 Å². The zero-order valence-corrected chi connectivity index (χ0v) is 12.3. The van der Waals surface area contributed by atoms with Crippen molar-refractivity contribution >= 4 is 17.5 Å². The molecule has 0 aliphatic heterocycles. The molecule has 0 heterocycles. The average molecular weight is 279 g/mol. The molecule has 1 aromatic rings. The quantitative estimate of drug-likeness (QED) is 0.899. The Kier molecular flexibility index (Phi) is 5.38. The topological polar surface area (TPSA) is 52.9 Å². The van der Waals surface area contributed by atoms with Gasteiger partial charge in [-0.2, -0.15) is 5.26 Å². The lowest BCUT2D eigenvalue weighted by Crippen LogP contribution is -2.35. The molecular formula is C15H19ClN2O. The van der Waals surface area contributed by atoms with E-state index in [2.05, 4.69) is 11.4 Å². The van der Waals surface area contributed by atoms with Crippen LogP contribution >= 0.6 is 11.6 Å². The predicted octanol–water partition coefficient (Wildman–Crippen LogP) is 3.25. The van der Waals surface area contributed by atoms with Gasteiger partial charge >= 0.3 is 0 Å². The van der Waals surface area contributed by atoms with Crippen LogP contribution in [0.15, 0.2) is 18.2 Å². The second kappa shape index (κ2) is 6.58. The van der Waals surface area contributed by atoms with E-state index in [4.69, 9.17) is 16.9 Å². The van der Waals surface area contributed by atoms with Gasteiger partial charge in [0.05, 0.1) is 17.9 Å². The highest BCUT2D eigenvalue weighted by Gasteiger charge is 2.22. The highest BCUT2D eigenvalue weighted by molar-refractivity contribution is 6.31. The van der Waals surface area contributed by atoms with Crippen molar-refractivity contribution in [2.24, 2.45) is 5.41 Å². The third-order valence-electron chi connectivity index (χ3n) is 3.42. The van der Waals surface area contributed by atoms with Gasteiger partial charge in [0.2, 0.25) is 5.91 Å². The molecule has 0 aliphatic rings. The van der Waals surface area contributed by atoms with Crippen molar-refractivity contribution in [3.05, 3.63) is 34.3 Å². The molecule has 0 saturated heterocycles. The van der Waals surface area contributed by atoms with Gasteiger partial charge in [-0.15, -0.1) is 0 Å². The van der Waals surface area contributed by atoms with Crippen molar-refractivity contribution < 1.29 is 4.79 Å². The molecular weight excluding hydrogens is 260 g/mol. The second-order valence-corrected chi connectivity index (χ2v) is 5.42. The third kappa shape index (κ3) is 4.25. The molecule has 0 bridgehead atoms. The summed E-state index contributed by atoms with van der Waals surface area (Å²) in [5, 5.41) is 12.5. The lowest BCUT2D eigenvalue weighted by atomic mass is 9.89. The maximum atomic E-state index is 11.9. The Balaban J connectivity index is 2.65. The minimum Gasteiger partial charge on any atom is -0.354 e. The Hall–Kier alpha value is -1.53. The van der Waals surface area contributed by atoms with Crippen molar-refractivity contribution in [1.82, 2.24) is 5.32 Å². The number of hydrogen-bond acceptors (Lipinski definition) is 2. The molecule has 1 rings (SSSR count). The van der Waals surface area contributed by atoms with Crippen LogP contribution < -0.4 is 5.32 Å². The Bertz CT molecular complexity index is 487. The Labute approximate surface area is 119 Å². The maximum Gasteiger partial charge on any atom is 0.224 e. The van der Waals surface area contributed by atoms with Gasteiger partial charge in [0.1, 0.15) is 0 Å². The van der Waals surface area contributed by atoms with Crippen LogP contribution in [-0.2, 0) is 11.2 Å². The summed E-state index contributed by atoms with van der Waals surface area (Å²) < 4.78 is 0. The summed E-state index contributed by atoms with van der Waals surface area (Å²) in [4.78, 5) is 11.9. The normalized spacial score (nSPS) is 13.4. The van der Waals surface area contributed by atoms with Crippen molar-refractivity contribution in [2.75, 3.05) is 6.54 Å². The van der Waals surface area contributed by atoms with Gasteiger partial charge in [-0.1, -0.05) is 30.7 Å². The largest absolute Gasteiger partial charge is 0.354 e. The second-order valence-electron chi connectivity index (χ2n) is 5.01. The molecule has 3 nitrogen and oxygen atoms in total. The molecule has 1 aromatic carbocycles. The smallest absolute Gasteiger partial charge is 0.224 e. The standard InChI is InChI=1S/C15H19ClN2O/c1-4-15(3,9-17)10-18-14(19)8-12-11(2)6-5-7-13(12)16/h5-7H,4,8,10H2,1-3H3,(H,18,19). The fourth-order valence-corrected chi connectivity index (χ4v) is 1.94. The predicted molar refractivity (Wildman–Crippen MR) is 76.9 cm³/mol. The number of nitrogens with one attached hydrogen (secondary N) is 1. The van der Waals surface area contributed by atoms with Gasteiger partial charge in [0.15, 0.2) is 0 Å². The lowest BCUT2D eigenvalue weighted by Gasteiger charge is -2.20. The Morgan fingerprint density at radius 2 is 2.21 bits per heavy atom. The SMILES string of the molecule is CCC(C)(C#N)CNC(=O)Cc1c(C)cccc1Cl. The summed E-state index contributed by atoms with van der Waals surface area (Å²) in [5.41, 5.74) is 1.34.